The molecule has 4 nitrogen and oxygen atoms in total. The number of unbranched alkanes of at least 4 members (excludes halogenated alkanes) is 2. The molecular weight excluding hydrogens is 454 g/mol. The van der Waals surface area contributed by atoms with Gasteiger partial charge >= 0.3 is 0 Å². The number of imidazole rings is 1. The molecule has 3 aromatic rings. The van der Waals surface area contributed by atoms with E-state index in [0.717, 1.165) is 38.8 Å². The Labute approximate surface area is 226 Å². The van der Waals surface area contributed by atoms with Crippen LogP contribution >= 0.6 is 0 Å². The van der Waals surface area contributed by atoms with Gasteiger partial charge in [-0.25, -0.2) is 4.98 Å². The summed E-state index contributed by atoms with van der Waals surface area (Å²) in [5.74, 6) is 0.283. The van der Waals surface area contributed by atoms with Crippen LogP contribution in [0, 0.1) is 6.92 Å². The topological polar surface area (TPSA) is 46.9 Å². The fourth-order valence-corrected chi connectivity index (χ4v) is 3.69. The lowest BCUT2D eigenvalue weighted by molar-refractivity contribution is -0.117. The maximum Gasteiger partial charge on any atom is 0.129 e. The first-order valence-corrected chi connectivity index (χ1v) is 14.0. The van der Waals surface area contributed by atoms with Crippen molar-refractivity contribution in [2.45, 2.75) is 92.5 Å². The summed E-state index contributed by atoms with van der Waals surface area (Å²) >= 11 is 0. The zero-order valence-electron chi connectivity index (χ0n) is 23.9. The Morgan fingerprint density at radius 3 is 2.30 bits per heavy atom. The van der Waals surface area contributed by atoms with E-state index < -0.39 is 0 Å². The van der Waals surface area contributed by atoms with Gasteiger partial charge in [0.1, 0.15) is 5.78 Å². The molecule has 0 fully saturated rings. The molecule has 0 atom stereocenters. The van der Waals surface area contributed by atoms with Crippen LogP contribution in [0.4, 0.5) is 0 Å². The Balaban J connectivity index is 0.000000383. The normalized spacial score (nSPS) is 10.6. The number of carbonyl (C=O) groups is 1. The number of Topliss-reactive ketones (excluding diaryl/α,β-unsaturated/α-hetero) is 1. The molecule has 0 bridgehead atoms. The van der Waals surface area contributed by atoms with Gasteiger partial charge in [-0.05, 0) is 57.1 Å². The predicted molar refractivity (Wildman–Crippen MR) is 160 cm³/mol. The van der Waals surface area contributed by atoms with Crippen LogP contribution in [-0.4, -0.2) is 21.9 Å². The minimum absolute atomic E-state index is 0.283. The Morgan fingerprint density at radius 2 is 1.68 bits per heavy atom. The molecule has 0 radical (unpaired) electrons. The highest BCUT2D eigenvalue weighted by Crippen LogP contribution is 2.17. The second kappa shape index (κ2) is 21.0. The standard InChI is InChI=1S/C19H27N3.C11H14O.C3H8/c1-3-4-5-11-19(18-10-7-6-9-17(18)2)21-12-8-14-22-15-13-20-16-22;1-10(12)6-5-9-11-7-3-2-4-8-11;1-3-2/h6-7,9-11,13,15-16,21H,3-5,8,12,14H2,1-2H3;2-4,7-8H,5-6,9H2,1H3;3H2,1-2H3/b19-11-;;. The summed E-state index contributed by atoms with van der Waals surface area (Å²) in [7, 11) is 0. The molecule has 4 heteroatoms. The Kier molecular flexibility index (Phi) is 18.1. The molecule has 1 aromatic heterocycles. The molecule has 0 saturated heterocycles. The molecule has 3 rings (SSSR count). The molecule has 0 aliphatic carbocycles. The average molecular weight is 504 g/mol. The summed E-state index contributed by atoms with van der Waals surface area (Å²) in [6.07, 6.45) is 16.7. The van der Waals surface area contributed by atoms with Gasteiger partial charge in [-0.1, -0.05) is 94.3 Å². The second-order valence-corrected chi connectivity index (χ2v) is 9.40. The molecule has 0 aliphatic heterocycles. The first kappa shape index (κ1) is 31.9. The number of nitrogens with zero attached hydrogens (tertiary/aromatic N) is 2. The molecule has 0 amide bonds. The summed E-state index contributed by atoms with van der Waals surface area (Å²) < 4.78 is 2.12. The van der Waals surface area contributed by atoms with Gasteiger partial charge in [0.25, 0.3) is 0 Å². The number of nitrogens with one attached hydrogen (secondary N) is 1. The van der Waals surface area contributed by atoms with Crippen LogP contribution in [0.2, 0.25) is 0 Å². The lowest BCUT2D eigenvalue weighted by Gasteiger charge is -2.14. The zero-order valence-corrected chi connectivity index (χ0v) is 23.9. The third-order valence-electron chi connectivity index (χ3n) is 5.65. The van der Waals surface area contributed by atoms with Gasteiger partial charge in [-0.2, -0.15) is 0 Å². The number of rotatable bonds is 13. The average Bonchev–Trinajstić information content (AvgIpc) is 3.41. The van der Waals surface area contributed by atoms with Crippen molar-refractivity contribution < 1.29 is 4.79 Å². The lowest BCUT2D eigenvalue weighted by atomic mass is 10.0. The number of hydrogen-bond donors (Lipinski definition) is 1. The SMILES string of the molecule is CC(=O)CCCc1ccccc1.CCC.CCCC/C=C(\NCCCn1ccnc1)c1ccccc1C. The van der Waals surface area contributed by atoms with Crippen molar-refractivity contribution in [1.82, 2.24) is 14.9 Å². The van der Waals surface area contributed by atoms with Crippen LogP contribution in [0.15, 0.2) is 79.4 Å². The van der Waals surface area contributed by atoms with E-state index in [1.165, 1.54) is 41.6 Å². The van der Waals surface area contributed by atoms with Crippen molar-refractivity contribution >= 4 is 11.5 Å². The van der Waals surface area contributed by atoms with Crippen molar-refractivity contribution in [3.63, 3.8) is 0 Å². The van der Waals surface area contributed by atoms with Gasteiger partial charge in [0.05, 0.1) is 6.33 Å². The van der Waals surface area contributed by atoms with Gasteiger partial charge in [0, 0.05) is 43.2 Å². The first-order chi connectivity index (χ1) is 18.0. The number of aryl methyl sites for hydroxylation is 3. The maximum absolute atomic E-state index is 10.6. The van der Waals surface area contributed by atoms with Gasteiger partial charge in [-0.15, -0.1) is 0 Å². The van der Waals surface area contributed by atoms with Gasteiger partial charge < -0.3 is 14.7 Å². The van der Waals surface area contributed by atoms with Crippen LogP contribution in [0.1, 0.15) is 89.3 Å². The summed E-state index contributed by atoms with van der Waals surface area (Å²) in [5, 5.41) is 3.63. The van der Waals surface area contributed by atoms with E-state index in [0.29, 0.717) is 6.42 Å². The van der Waals surface area contributed by atoms with Crippen LogP contribution in [0.25, 0.3) is 5.70 Å². The number of hydrogen-bond acceptors (Lipinski definition) is 3. The van der Waals surface area contributed by atoms with E-state index in [2.05, 4.69) is 85.0 Å². The van der Waals surface area contributed by atoms with E-state index in [1.807, 2.05) is 36.9 Å². The van der Waals surface area contributed by atoms with Crippen LogP contribution in [0.3, 0.4) is 0 Å². The predicted octanol–water partition coefficient (Wildman–Crippen LogP) is 8.42. The second-order valence-electron chi connectivity index (χ2n) is 9.40. The molecule has 0 unspecified atom stereocenters. The highest BCUT2D eigenvalue weighted by Gasteiger charge is 2.04. The summed E-state index contributed by atoms with van der Waals surface area (Å²) in [4.78, 5) is 14.7. The summed E-state index contributed by atoms with van der Waals surface area (Å²) in [6.45, 7) is 12.3. The zero-order chi connectivity index (χ0) is 27.1. The van der Waals surface area contributed by atoms with Crippen molar-refractivity contribution in [3.05, 3.63) is 96.1 Å². The van der Waals surface area contributed by atoms with Crippen LogP contribution in [-0.2, 0) is 17.8 Å². The highest BCUT2D eigenvalue weighted by atomic mass is 16.1. The monoisotopic (exact) mass is 503 g/mol. The first-order valence-electron chi connectivity index (χ1n) is 14.0. The summed E-state index contributed by atoms with van der Waals surface area (Å²) in [5.41, 5.74) is 5.24. The van der Waals surface area contributed by atoms with E-state index >= 15 is 0 Å². The van der Waals surface area contributed by atoms with Gasteiger partial charge in [-0.3, -0.25) is 0 Å². The quantitative estimate of drug-likeness (QED) is 0.238. The Bertz CT molecular complexity index is 978. The van der Waals surface area contributed by atoms with E-state index in [-0.39, 0.29) is 5.78 Å². The molecule has 202 valence electrons. The number of benzene rings is 2. The minimum atomic E-state index is 0.283. The van der Waals surface area contributed by atoms with E-state index in [9.17, 15) is 4.79 Å². The molecule has 0 spiro atoms. The number of carbonyl (C=O) groups excluding carboxylic acids is 1. The van der Waals surface area contributed by atoms with Crippen molar-refractivity contribution in [2.75, 3.05) is 6.54 Å². The number of ketones is 1. The van der Waals surface area contributed by atoms with E-state index in [1.54, 1.807) is 6.92 Å². The highest BCUT2D eigenvalue weighted by molar-refractivity contribution is 5.75. The molecule has 2 aromatic carbocycles. The fraction of sp³-hybridized carbons (Fsp3) is 0.455. The molecule has 1 N–H and O–H groups in total. The van der Waals surface area contributed by atoms with Crippen molar-refractivity contribution in [3.8, 4) is 0 Å². The molecular formula is C33H49N3O. The fourth-order valence-electron chi connectivity index (χ4n) is 3.69. The van der Waals surface area contributed by atoms with Gasteiger partial charge in [0.2, 0.25) is 0 Å². The largest absolute Gasteiger partial charge is 0.385 e. The smallest absolute Gasteiger partial charge is 0.129 e. The summed E-state index contributed by atoms with van der Waals surface area (Å²) in [6, 6.07) is 18.9. The molecule has 1 heterocycles. The number of aromatic nitrogens is 2. The lowest BCUT2D eigenvalue weighted by Crippen LogP contribution is -2.16. The van der Waals surface area contributed by atoms with Gasteiger partial charge in [0.15, 0.2) is 0 Å². The van der Waals surface area contributed by atoms with Crippen LogP contribution in [0.5, 0.6) is 0 Å². The van der Waals surface area contributed by atoms with Crippen LogP contribution < -0.4 is 5.32 Å². The van der Waals surface area contributed by atoms with Crippen molar-refractivity contribution in [1.29, 1.82) is 0 Å². The third-order valence-corrected chi connectivity index (χ3v) is 5.65. The minimum Gasteiger partial charge on any atom is -0.385 e. The molecule has 0 saturated carbocycles. The van der Waals surface area contributed by atoms with Crippen molar-refractivity contribution in [2.24, 2.45) is 0 Å². The Hall–Kier alpha value is -3.14. The molecule has 37 heavy (non-hydrogen) atoms. The Morgan fingerprint density at radius 1 is 0.973 bits per heavy atom. The number of allylic oxidation sites excluding steroid dienone is 1. The maximum atomic E-state index is 10.6. The third kappa shape index (κ3) is 15.6. The molecule has 0 aliphatic rings. The van der Waals surface area contributed by atoms with E-state index in [4.69, 9.17) is 0 Å².